The molecule has 3 saturated heterocycles. The van der Waals surface area contributed by atoms with Crippen molar-refractivity contribution in [3.05, 3.63) is 40.7 Å². The highest BCUT2D eigenvalue weighted by atomic mass is 32.2. The van der Waals surface area contributed by atoms with Gasteiger partial charge in [-0.3, -0.25) is 14.6 Å². The highest BCUT2D eigenvalue weighted by Gasteiger charge is 2.41. The van der Waals surface area contributed by atoms with Crippen molar-refractivity contribution in [1.82, 2.24) is 24.0 Å². The molecule has 226 valence electrons. The number of nitrogens with one attached hydrogen (secondary N) is 1. The summed E-state index contributed by atoms with van der Waals surface area (Å²) in [5, 5.41) is 12.9. The van der Waals surface area contributed by atoms with E-state index in [1.54, 1.807) is 14.9 Å². The number of aliphatic hydroxyl groups excluding tert-OH is 1. The smallest absolute Gasteiger partial charge is 0.404 e. The normalized spacial score (nSPS) is 24.2. The number of para-hydroxylation sites is 1. The van der Waals surface area contributed by atoms with Crippen LogP contribution in [0.1, 0.15) is 52.0 Å². The third-order valence-electron chi connectivity index (χ3n) is 8.80. The molecule has 0 spiro atoms. The van der Waals surface area contributed by atoms with Gasteiger partial charge in [-0.2, -0.15) is 4.31 Å². The van der Waals surface area contributed by atoms with Gasteiger partial charge in [0.05, 0.1) is 17.9 Å². The predicted octanol–water partition coefficient (Wildman–Crippen LogP) is 2.00. The summed E-state index contributed by atoms with van der Waals surface area (Å²) in [6, 6.07) is 9.64. The summed E-state index contributed by atoms with van der Waals surface area (Å²) < 4.78 is 34.6. The van der Waals surface area contributed by atoms with Crippen LogP contribution < -0.4 is 15.6 Å². The molecule has 3 aliphatic heterocycles. The number of rotatable bonds is 10. The molecule has 5 rings (SSSR count). The van der Waals surface area contributed by atoms with E-state index in [1.807, 2.05) is 38.1 Å². The second-order valence-corrected chi connectivity index (χ2v) is 13.9. The first-order chi connectivity index (χ1) is 19.7. The molecule has 1 aromatic heterocycles. The number of ether oxygens (including phenoxy) is 1. The van der Waals surface area contributed by atoms with Crippen LogP contribution in [-0.4, -0.2) is 108 Å². The van der Waals surface area contributed by atoms with Gasteiger partial charge < -0.3 is 19.7 Å². The number of carbonyl (C=O) groups is 1. The van der Waals surface area contributed by atoms with Crippen molar-refractivity contribution < 1.29 is 23.1 Å². The number of hydrogen-bond donors (Lipinski definition) is 2. The van der Waals surface area contributed by atoms with E-state index < -0.39 is 16.1 Å². The Morgan fingerprint density at radius 3 is 2.41 bits per heavy atom. The Bertz CT molecular complexity index is 1370. The number of pyridine rings is 1. The first-order valence-corrected chi connectivity index (χ1v) is 16.5. The lowest BCUT2D eigenvalue weighted by Gasteiger charge is -2.39. The lowest BCUT2D eigenvalue weighted by Crippen LogP contribution is -2.52. The number of piperazine rings is 1. The fourth-order valence-corrected chi connectivity index (χ4v) is 8.30. The van der Waals surface area contributed by atoms with E-state index in [-0.39, 0.29) is 35.8 Å². The van der Waals surface area contributed by atoms with Gasteiger partial charge in [0.1, 0.15) is 0 Å². The van der Waals surface area contributed by atoms with Crippen LogP contribution in [0.4, 0.5) is 4.79 Å². The first kappa shape index (κ1) is 30.0. The Kier molecular flexibility index (Phi) is 9.34. The summed E-state index contributed by atoms with van der Waals surface area (Å²) in [5.74, 6) is 0.155. The third kappa shape index (κ3) is 6.77. The molecule has 41 heavy (non-hydrogen) atoms. The number of fused-ring (bicyclic) bond motifs is 3. The van der Waals surface area contributed by atoms with Gasteiger partial charge in [-0.05, 0) is 64.6 Å². The molecule has 1 aromatic carbocycles. The zero-order valence-electron chi connectivity index (χ0n) is 24.1. The largest absolute Gasteiger partial charge is 0.413 e. The maximum absolute atomic E-state index is 13.1. The number of carbonyl (C=O) groups excluding carboxylic acids is 1. The second-order valence-electron chi connectivity index (χ2n) is 11.8. The van der Waals surface area contributed by atoms with Crippen molar-refractivity contribution in [2.24, 2.45) is 0 Å². The quantitative estimate of drug-likeness (QED) is 0.431. The molecule has 0 unspecified atom stereocenters. The predicted molar refractivity (Wildman–Crippen MR) is 158 cm³/mol. The Labute approximate surface area is 242 Å². The first-order valence-electron chi connectivity index (χ1n) is 14.9. The minimum Gasteiger partial charge on any atom is -0.404 e. The van der Waals surface area contributed by atoms with Gasteiger partial charge in [-0.15, -0.1) is 0 Å². The lowest BCUT2D eigenvalue weighted by molar-refractivity contribution is 0.114. The van der Waals surface area contributed by atoms with Gasteiger partial charge in [-0.25, -0.2) is 13.2 Å². The van der Waals surface area contributed by atoms with Crippen molar-refractivity contribution in [3.8, 4) is 5.75 Å². The fraction of sp³-hybridized carbons (Fsp3) is 0.655. The average Bonchev–Trinajstić information content (AvgIpc) is 3.16. The monoisotopic (exact) mass is 589 g/mol. The molecule has 2 bridgehead atoms. The number of piperidine rings is 1. The van der Waals surface area contributed by atoms with Crippen LogP contribution in [0.15, 0.2) is 35.1 Å². The van der Waals surface area contributed by atoms with Crippen molar-refractivity contribution in [1.29, 1.82) is 0 Å². The van der Waals surface area contributed by atoms with Crippen LogP contribution in [0, 0.1) is 0 Å². The fourth-order valence-electron chi connectivity index (χ4n) is 6.83. The van der Waals surface area contributed by atoms with E-state index in [4.69, 9.17) is 9.84 Å². The van der Waals surface area contributed by atoms with Crippen molar-refractivity contribution in [2.75, 3.05) is 51.6 Å². The number of β-amino-alcohol motifs (C(OH)–C–C–N with tert-alkyl or cyclic N) is 1. The molecular weight excluding hydrogens is 546 g/mol. The van der Waals surface area contributed by atoms with Gasteiger partial charge in [-0.1, -0.05) is 18.2 Å². The minimum absolute atomic E-state index is 0.0197. The van der Waals surface area contributed by atoms with Crippen molar-refractivity contribution in [2.45, 2.75) is 70.1 Å². The van der Waals surface area contributed by atoms with Crippen molar-refractivity contribution in [3.63, 3.8) is 0 Å². The molecule has 0 aliphatic carbocycles. The lowest BCUT2D eigenvalue weighted by atomic mass is 9.97. The van der Waals surface area contributed by atoms with E-state index in [0.717, 1.165) is 43.1 Å². The molecule has 3 fully saturated rings. The van der Waals surface area contributed by atoms with Gasteiger partial charge in [0.2, 0.25) is 10.0 Å². The van der Waals surface area contributed by atoms with Gasteiger partial charge in [0.25, 0.3) is 5.56 Å². The second kappa shape index (κ2) is 12.8. The molecule has 11 nitrogen and oxygen atoms in total. The van der Waals surface area contributed by atoms with Crippen LogP contribution in [0.2, 0.25) is 0 Å². The number of aliphatic hydroxyl groups is 1. The van der Waals surface area contributed by atoms with E-state index >= 15 is 0 Å². The number of benzene rings is 1. The molecule has 4 heterocycles. The van der Waals surface area contributed by atoms with E-state index in [1.165, 1.54) is 0 Å². The highest BCUT2D eigenvalue weighted by molar-refractivity contribution is 7.89. The van der Waals surface area contributed by atoms with Crippen LogP contribution >= 0.6 is 0 Å². The number of nitrogens with zero attached hydrogens (tertiary/aromatic N) is 4. The van der Waals surface area contributed by atoms with Crippen LogP contribution in [-0.2, 0) is 10.0 Å². The number of amides is 1. The Balaban J connectivity index is 1.12. The molecule has 1 amide bonds. The third-order valence-corrected chi connectivity index (χ3v) is 10.8. The van der Waals surface area contributed by atoms with Crippen LogP contribution in [0.5, 0.6) is 5.75 Å². The summed E-state index contributed by atoms with van der Waals surface area (Å²) in [5.41, 5.74) is 0.475. The summed E-state index contributed by atoms with van der Waals surface area (Å²) in [7, 11) is -3.30. The maximum atomic E-state index is 13.1. The molecule has 3 atom stereocenters. The van der Waals surface area contributed by atoms with Gasteiger partial charge in [0.15, 0.2) is 5.75 Å². The zero-order valence-corrected chi connectivity index (χ0v) is 24.9. The molecule has 3 aliphatic rings. The SMILES string of the molecule is CC(C)n1c(=O)c(OC(=O)N[C@@H]2C[C@H]3CC[C@@H](C2)N3CCCS(=O)(=O)N2CCN(CCO)CC2)cc2ccccc21. The summed E-state index contributed by atoms with van der Waals surface area (Å²) >= 11 is 0. The van der Waals surface area contributed by atoms with E-state index in [0.29, 0.717) is 51.2 Å². The minimum atomic E-state index is -3.30. The van der Waals surface area contributed by atoms with Gasteiger partial charge in [0, 0.05) is 62.3 Å². The molecule has 2 aromatic rings. The molecule has 0 saturated carbocycles. The molecule has 12 heteroatoms. The number of hydrogen-bond acceptors (Lipinski definition) is 8. The average molecular weight is 590 g/mol. The summed E-state index contributed by atoms with van der Waals surface area (Å²) in [6.07, 6.45) is 3.58. The molecule has 2 N–H and O–H groups in total. The summed E-state index contributed by atoms with van der Waals surface area (Å²) in [6.45, 7) is 7.52. The molecule has 0 radical (unpaired) electrons. The highest BCUT2D eigenvalue weighted by Crippen LogP contribution is 2.36. The Morgan fingerprint density at radius 2 is 1.76 bits per heavy atom. The Hall–Kier alpha value is -2.51. The van der Waals surface area contributed by atoms with Crippen LogP contribution in [0.25, 0.3) is 10.9 Å². The van der Waals surface area contributed by atoms with Crippen molar-refractivity contribution >= 4 is 27.0 Å². The molecular formula is C29H43N5O6S. The maximum Gasteiger partial charge on any atom is 0.413 e. The topological polar surface area (TPSA) is 124 Å². The van der Waals surface area contributed by atoms with E-state index in [2.05, 4.69) is 15.1 Å². The van der Waals surface area contributed by atoms with Gasteiger partial charge >= 0.3 is 6.09 Å². The number of sulfonamides is 1. The number of aromatic nitrogens is 1. The zero-order chi connectivity index (χ0) is 29.1. The van der Waals surface area contributed by atoms with Crippen LogP contribution in [0.3, 0.4) is 0 Å². The standard InChI is InChI=1S/C29H43N5O6S/c1-21(2)34-26-7-4-3-6-22(26)18-27(28(34)36)40-29(37)30-23-19-24-8-9-25(20-23)33(24)10-5-17-41(38,39)32-13-11-31(12-14-32)15-16-35/h3-4,6-7,18,21,23-25,35H,5,8-17,19-20H2,1-2H3,(H,30,37)/t23-,24-,25+. The Morgan fingerprint density at radius 1 is 1.07 bits per heavy atom. The summed E-state index contributed by atoms with van der Waals surface area (Å²) in [4.78, 5) is 30.5. The van der Waals surface area contributed by atoms with E-state index in [9.17, 15) is 18.0 Å².